The number of H-pyrrole nitrogens is 1. The van der Waals surface area contributed by atoms with E-state index < -0.39 is 17.7 Å². The molecule has 0 amide bonds. The predicted octanol–water partition coefficient (Wildman–Crippen LogP) is 5.65. The van der Waals surface area contributed by atoms with Crippen LogP contribution in [0, 0.1) is 11.6 Å². The van der Waals surface area contributed by atoms with Gasteiger partial charge in [-0.2, -0.15) is 0 Å². The molecule has 0 bridgehead atoms. The number of aromatic nitrogens is 1. The van der Waals surface area contributed by atoms with Crippen LogP contribution in [0.4, 0.5) is 13.2 Å². The van der Waals surface area contributed by atoms with Gasteiger partial charge in [0, 0.05) is 60.8 Å². The van der Waals surface area contributed by atoms with E-state index in [4.69, 9.17) is 4.74 Å². The summed E-state index contributed by atoms with van der Waals surface area (Å²) in [5.74, 6) is -1.05. The Morgan fingerprint density at radius 1 is 1.14 bits per heavy atom. The molecule has 3 aliphatic rings. The van der Waals surface area contributed by atoms with Crippen LogP contribution in [0.5, 0.6) is 5.75 Å². The van der Waals surface area contributed by atoms with E-state index in [0.717, 1.165) is 40.7 Å². The Balaban J connectivity index is 1.36. The van der Waals surface area contributed by atoms with Gasteiger partial charge in [-0.15, -0.1) is 5.73 Å². The van der Waals surface area contributed by atoms with E-state index in [1.54, 1.807) is 0 Å². The Labute approximate surface area is 202 Å². The minimum atomic E-state index is -0.619. The first kappa shape index (κ1) is 22.3. The van der Waals surface area contributed by atoms with Gasteiger partial charge in [-0.3, -0.25) is 9.29 Å². The number of halogens is 3. The number of alkyl halides is 1. The molecular formula is C28H28F3N3O. The number of benzene rings is 2. The maximum Gasteiger partial charge on any atom is 0.135 e. The lowest BCUT2D eigenvalue weighted by molar-refractivity contribution is 0.0180. The molecule has 3 heterocycles. The van der Waals surface area contributed by atoms with Crippen molar-refractivity contribution in [1.82, 2.24) is 14.8 Å². The minimum absolute atomic E-state index is 0.0242. The molecule has 182 valence electrons. The number of aromatic amines is 1. The number of hydrogen-bond acceptors (Lipinski definition) is 3. The lowest BCUT2D eigenvalue weighted by atomic mass is 9.86. The molecule has 0 spiro atoms. The molecule has 1 N–H and O–H groups in total. The number of nitrogens with one attached hydrogen (secondary N) is 1. The van der Waals surface area contributed by atoms with Gasteiger partial charge in [0.1, 0.15) is 29.5 Å². The van der Waals surface area contributed by atoms with Crippen LogP contribution in [-0.2, 0) is 6.42 Å². The molecule has 35 heavy (non-hydrogen) atoms. The van der Waals surface area contributed by atoms with E-state index in [1.807, 2.05) is 24.3 Å². The second-order valence-electron chi connectivity index (χ2n) is 9.77. The van der Waals surface area contributed by atoms with Crippen molar-refractivity contribution in [2.45, 2.75) is 44.4 Å². The van der Waals surface area contributed by atoms with Crippen molar-refractivity contribution in [1.29, 1.82) is 0 Å². The van der Waals surface area contributed by atoms with Crippen molar-refractivity contribution in [2.24, 2.45) is 0 Å². The molecule has 4 nitrogen and oxygen atoms in total. The molecule has 2 aromatic carbocycles. The van der Waals surface area contributed by atoms with Gasteiger partial charge in [-0.25, -0.2) is 8.78 Å². The highest BCUT2D eigenvalue weighted by molar-refractivity contribution is 5.85. The molecular weight excluding hydrogens is 451 g/mol. The largest absolute Gasteiger partial charge is 0.488 e. The smallest absolute Gasteiger partial charge is 0.135 e. The molecule has 2 aliphatic heterocycles. The molecule has 0 unspecified atom stereocenters. The lowest BCUT2D eigenvalue weighted by Gasteiger charge is -2.44. The van der Waals surface area contributed by atoms with E-state index in [-0.39, 0.29) is 30.1 Å². The summed E-state index contributed by atoms with van der Waals surface area (Å²) >= 11 is 0. The van der Waals surface area contributed by atoms with Gasteiger partial charge in [-0.05, 0) is 37.5 Å². The first-order chi connectivity index (χ1) is 17.0. The molecule has 3 aromatic rings. The van der Waals surface area contributed by atoms with E-state index in [2.05, 4.69) is 33.5 Å². The van der Waals surface area contributed by atoms with Crippen LogP contribution in [0.15, 0.2) is 53.9 Å². The zero-order valence-corrected chi connectivity index (χ0v) is 19.7. The monoisotopic (exact) mass is 479 g/mol. The quantitative estimate of drug-likeness (QED) is 0.445. The summed E-state index contributed by atoms with van der Waals surface area (Å²) in [5.41, 5.74) is 7.13. The Bertz CT molecular complexity index is 1310. The maximum absolute atomic E-state index is 15.7. The SMILES string of the molecule is C[C@@H]1Cc2c([nH]c3ccccc23)[C@@H](c2c(F)cc(OC3CN(CCCF)C3)cc2F)N1C1=C=CC1. The molecule has 1 saturated heterocycles. The highest BCUT2D eigenvalue weighted by Crippen LogP contribution is 2.45. The Morgan fingerprint density at radius 3 is 2.57 bits per heavy atom. The van der Waals surface area contributed by atoms with Crippen molar-refractivity contribution >= 4 is 10.9 Å². The number of hydrogen-bond donors (Lipinski definition) is 1. The summed E-state index contributed by atoms with van der Waals surface area (Å²) in [6.45, 7) is 3.70. The summed E-state index contributed by atoms with van der Waals surface area (Å²) in [5, 5.41) is 1.10. The fourth-order valence-corrected chi connectivity index (χ4v) is 5.69. The number of para-hydroxylation sites is 1. The minimum Gasteiger partial charge on any atom is -0.488 e. The average molecular weight is 480 g/mol. The van der Waals surface area contributed by atoms with Gasteiger partial charge in [0.25, 0.3) is 0 Å². The van der Waals surface area contributed by atoms with Crippen molar-refractivity contribution in [3.8, 4) is 5.75 Å². The predicted molar refractivity (Wildman–Crippen MR) is 129 cm³/mol. The van der Waals surface area contributed by atoms with Crippen LogP contribution in [0.25, 0.3) is 10.9 Å². The highest BCUT2D eigenvalue weighted by Gasteiger charge is 2.40. The Hall–Kier alpha value is -3.15. The summed E-state index contributed by atoms with van der Waals surface area (Å²) in [6.07, 6.45) is 3.81. The molecule has 0 saturated carbocycles. The van der Waals surface area contributed by atoms with Gasteiger partial charge in [0.05, 0.1) is 17.9 Å². The maximum atomic E-state index is 15.7. The number of fused-ring (bicyclic) bond motifs is 3. The van der Waals surface area contributed by atoms with E-state index in [1.165, 1.54) is 12.1 Å². The van der Waals surface area contributed by atoms with Crippen LogP contribution in [0.3, 0.4) is 0 Å². The third kappa shape index (κ3) is 3.83. The number of rotatable bonds is 7. The van der Waals surface area contributed by atoms with Gasteiger partial charge < -0.3 is 14.6 Å². The van der Waals surface area contributed by atoms with Crippen molar-refractivity contribution < 1.29 is 17.9 Å². The lowest BCUT2D eigenvalue weighted by Crippen LogP contribution is -2.53. The van der Waals surface area contributed by atoms with E-state index >= 15 is 8.78 Å². The molecule has 1 aromatic heterocycles. The van der Waals surface area contributed by atoms with Crippen LogP contribution < -0.4 is 4.74 Å². The van der Waals surface area contributed by atoms with E-state index in [0.29, 0.717) is 26.1 Å². The number of ether oxygens (including phenoxy) is 1. The third-order valence-electron chi connectivity index (χ3n) is 7.41. The van der Waals surface area contributed by atoms with Gasteiger partial charge >= 0.3 is 0 Å². The van der Waals surface area contributed by atoms with Crippen molar-refractivity contribution in [3.63, 3.8) is 0 Å². The molecule has 0 radical (unpaired) electrons. The zero-order chi connectivity index (χ0) is 24.1. The molecule has 2 atom stereocenters. The third-order valence-corrected chi connectivity index (χ3v) is 7.41. The first-order valence-corrected chi connectivity index (χ1v) is 12.3. The summed E-state index contributed by atoms with van der Waals surface area (Å²) in [4.78, 5) is 7.65. The van der Waals surface area contributed by atoms with Crippen LogP contribution in [0.2, 0.25) is 0 Å². The second-order valence-corrected chi connectivity index (χ2v) is 9.77. The molecule has 1 fully saturated rings. The Kier molecular flexibility index (Phi) is 5.62. The van der Waals surface area contributed by atoms with Gasteiger partial charge in [0.15, 0.2) is 0 Å². The summed E-state index contributed by atoms with van der Waals surface area (Å²) in [7, 11) is 0. The fourth-order valence-electron chi connectivity index (χ4n) is 5.69. The highest BCUT2D eigenvalue weighted by atomic mass is 19.1. The molecule has 6 rings (SSSR count). The average Bonchev–Trinajstić information content (AvgIpc) is 3.13. The van der Waals surface area contributed by atoms with Crippen LogP contribution in [0.1, 0.15) is 42.6 Å². The zero-order valence-electron chi connectivity index (χ0n) is 19.7. The van der Waals surface area contributed by atoms with E-state index in [9.17, 15) is 4.39 Å². The van der Waals surface area contributed by atoms with Gasteiger partial charge in [0.2, 0.25) is 0 Å². The summed E-state index contributed by atoms with van der Waals surface area (Å²) in [6, 6.07) is 10.1. The van der Waals surface area contributed by atoms with Gasteiger partial charge in [-0.1, -0.05) is 18.2 Å². The van der Waals surface area contributed by atoms with Crippen LogP contribution in [-0.4, -0.2) is 53.2 Å². The topological polar surface area (TPSA) is 31.5 Å². The number of nitrogens with zero attached hydrogens (tertiary/aromatic N) is 2. The standard InChI is InChI=1S/C28H28F3N3O/c1-17-12-22-21-8-2-3-9-25(21)32-27(22)28(34(17)18-6-4-7-18)26-23(30)13-19(14-24(26)31)35-20-15-33(16-20)11-5-10-29/h2-4,8-9,13-14,17,20,28,32H,5-6,10-12,15-16H2,1H3/t17-,28-/m1/s1. The van der Waals surface area contributed by atoms with Crippen LogP contribution >= 0.6 is 0 Å². The second kappa shape index (κ2) is 8.81. The molecule has 7 heteroatoms. The van der Waals surface area contributed by atoms with Crippen molar-refractivity contribution in [3.05, 3.63) is 82.4 Å². The number of likely N-dealkylation sites (tertiary alicyclic amines) is 1. The first-order valence-electron chi connectivity index (χ1n) is 12.3. The molecule has 1 aliphatic carbocycles. The fraction of sp³-hybridized carbons (Fsp3) is 0.393. The summed E-state index contributed by atoms with van der Waals surface area (Å²) < 4.78 is 49.6. The normalized spacial score (nSPS) is 22.1. The van der Waals surface area contributed by atoms with Crippen molar-refractivity contribution in [2.75, 3.05) is 26.3 Å². The Morgan fingerprint density at radius 2 is 1.89 bits per heavy atom.